The molecular formula is C12H15F2NO2S. The normalized spacial score (nSPS) is 22.7. The van der Waals surface area contributed by atoms with Crippen molar-refractivity contribution >= 4 is 15.7 Å². The molecule has 0 aliphatic carbocycles. The summed E-state index contributed by atoms with van der Waals surface area (Å²) in [6.07, 6.45) is 0.484. The van der Waals surface area contributed by atoms with E-state index in [1.54, 1.807) is 0 Å². The molecule has 0 radical (unpaired) electrons. The minimum absolute atomic E-state index is 0.0218. The lowest BCUT2D eigenvalue weighted by Crippen LogP contribution is -2.36. The zero-order valence-electron chi connectivity index (χ0n) is 10.2. The number of benzene rings is 1. The van der Waals surface area contributed by atoms with Gasteiger partial charge in [0.1, 0.15) is 11.6 Å². The topological polar surface area (TPSA) is 37.4 Å². The molecule has 1 aromatic rings. The van der Waals surface area contributed by atoms with Crippen molar-refractivity contribution in [3.8, 4) is 0 Å². The molecule has 0 bridgehead atoms. The van der Waals surface area contributed by atoms with Gasteiger partial charge in [0.25, 0.3) is 0 Å². The fourth-order valence-corrected chi connectivity index (χ4v) is 4.24. The predicted octanol–water partition coefficient (Wildman–Crippen LogP) is 2.53. The first kappa shape index (κ1) is 13.3. The second-order valence-corrected chi connectivity index (χ2v) is 6.80. The predicted molar refractivity (Wildman–Crippen MR) is 65.9 cm³/mol. The van der Waals surface area contributed by atoms with Crippen LogP contribution in [0.5, 0.6) is 0 Å². The van der Waals surface area contributed by atoms with Gasteiger partial charge in [-0.25, -0.2) is 17.2 Å². The summed E-state index contributed by atoms with van der Waals surface area (Å²) >= 11 is 0. The first-order valence-electron chi connectivity index (χ1n) is 5.79. The molecule has 1 fully saturated rings. The SMILES string of the molecule is CC(C)C1CCS(=O)(=O)N1c1cc(F)cc(F)c1. The lowest BCUT2D eigenvalue weighted by atomic mass is 10.0. The molecule has 3 nitrogen and oxygen atoms in total. The molecule has 6 heteroatoms. The Kier molecular flexibility index (Phi) is 3.31. The van der Waals surface area contributed by atoms with Crippen LogP contribution in [-0.2, 0) is 10.0 Å². The molecule has 18 heavy (non-hydrogen) atoms. The van der Waals surface area contributed by atoms with E-state index in [-0.39, 0.29) is 23.4 Å². The molecule has 1 saturated heterocycles. The van der Waals surface area contributed by atoms with Crippen LogP contribution >= 0.6 is 0 Å². The van der Waals surface area contributed by atoms with E-state index in [0.717, 1.165) is 22.5 Å². The Hall–Kier alpha value is -1.17. The molecule has 100 valence electrons. The van der Waals surface area contributed by atoms with Crippen LogP contribution < -0.4 is 4.31 Å². The number of rotatable bonds is 2. The van der Waals surface area contributed by atoms with E-state index in [4.69, 9.17) is 0 Å². The molecule has 2 rings (SSSR count). The van der Waals surface area contributed by atoms with Crippen molar-refractivity contribution in [1.82, 2.24) is 0 Å². The Morgan fingerprint density at radius 2 is 1.78 bits per heavy atom. The van der Waals surface area contributed by atoms with Crippen LogP contribution in [0.2, 0.25) is 0 Å². The van der Waals surface area contributed by atoms with Crippen LogP contribution in [0.25, 0.3) is 0 Å². The third kappa shape index (κ3) is 2.34. The zero-order chi connectivity index (χ0) is 13.5. The largest absolute Gasteiger partial charge is 0.267 e. The number of hydrogen-bond donors (Lipinski definition) is 0. The zero-order valence-corrected chi connectivity index (χ0v) is 11.0. The van der Waals surface area contributed by atoms with E-state index in [1.165, 1.54) is 0 Å². The molecular weight excluding hydrogens is 260 g/mol. The van der Waals surface area contributed by atoms with Gasteiger partial charge in [-0.05, 0) is 24.5 Å². The van der Waals surface area contributed by atoms with Gasteiger partial charge in [-0.2, -0.15) is 0 Å². The summed E-state index contributed by atoms with van der Waals surface area (Å²) in [5, 5.41) is 0. The van der Waals surface area contributed by atoms with Crippen molar-refractivity contribution in [3.63, 3.8) is 0 Å². The van der Waals surface area contributed by atoms with Gasteiger partial charge in [0.2, 0.25) is 10.0 Å². The van der Waals surface area contributed by atoms with Crippen LogP contribution in [0.3, 0.4) is 0 Å². The first-order valence-corrected chi connectivity index (χ1v) is 7.40. The maximum atomic E-state index is 13.2. The van der Waals surface area contributed by atoms with Crippen LogP contribution in [0.15, 0.2) is 18.2 Å². The number of hydrogen-bond acceptors (Lipinski definition) is 2. The summed E-state index contributed by atoms with van der Waals surface area (Å²) in [6, 6.07) is 2.61. The number of anilines is 1. The molecule has 1 aromatic carbocycles. The molecule has 0 N–H and O–H groups in total. The quantitative estimate of drug-likeness (QED) is 0.831. The van der Waals surface area contributed by atoms with Crippen molar-refractivity contribution < 1.29 is 17.2 Å². The van der Waals surface area contributed by atoms with Crippen molar-refractivity contribution in [2.45, 2.75) is 26.3 Å². The van der Waals surface area contributed by atoms with Gasteiger partial charge in [-0.15, -0.1) is 0 Å². The third-order valence-corrected chi connectivity index (χ3v) is 4.98. The van der Waals surface area contributed by atoms with Crippen LogP contribution in [0.4, 0.5) is 14.5 Å². The Morgan fingerprint density at radius 1 is 1.22 bits per heavy atom. The van der Waals surface area contributed by atoms with Gasteiger partial charge in [-0.1, -0.05) is 13.8 Å². The van der Waals surface area contributed by atoms with E-state index >= 15 is 0 Å². The van der Waals surface area contributed by atoms with Gasteiger partial charge >= 0.3 is 0 Å². The molecule has 0 aromatic heterocycles. The van der Waals surface area contributed by atoms with Gasteiger partial charge in [0.15, 0.2) is 0 Å². The monoisotopic (exact) mass is 275 g/mol. The number of nitrogens with zero attached hydrogens (tertiary/aromatic N) is 1. The van der Waals surface area contributed by atoms with Gasteiger partial charge in [0, 0.05) is 12.1 Å². The summed E-state index contributed by atoms with van der Waals surface area (Å²) in [5.41, 5.74) is 0.0729. The summed E-state index contributed by atoms with van der Waals surface area (Å²) in [4.78, 5) is 0. The second kappa shape index (κ2) is 4.50. The molecule has 0 amide bonds. The second-order valence-electron chi connectivity index (χ2n) is 4.84. The van der Waals surface area contributed by atoms with Gasteiger partial charge in [-0.3, -0.25) is 4.31 Å². The van der Waals surface area contributed by atoms with E-state index < -0.39 is 21.7 Å². The molecule has 1 heterocycles. The fourth-order valence-electron chi connectivity index (χ4n) is 2.31. The Labute approximate surface area is 105 Å². The fraction of sp³-hybridized carbons (Fsp3) is 0.500. The average Bonchev–Trinajstić information content (AvgIpc) is 2.52. The minimum Gasteiger partial charge on any atom is -0.267 e. The lowest BCUT2D eigenvalue weighted by Gasteiger charge is -2.28. The molecule has 1 aliphatic rings. The Balaban J connectivity index is 2.51. The maximum absolute atomic E-state index is 13.2. The van der Waals surface area contributed by atoms with Crippen molar-refractivity contribution in [2.24, 2.45) is 5.92 Å². The highest BCUT2D eigenvalue weighted by Crippen LogP contribution is 2.33. The average molecular weight is 275 g/mol. The number of sulfonamides is 1. The van der Waals surface area contributed by atoms with Crippen molar-refractivity contribution in [2.75, 3.05) is 10.1 Å². The summed E-state index contributed by atoms with van der Waals surface area (Å²) in [5.74, 6) is -1.42. The highest BCUT2D eigenvalue weighted by atomic mass is 32.2. The van der Waals surface area contributed by atoms with Crippen LogP contribution in [0, 0.1) is 17.6 Å². The highest BCUT2D eigenvalue weighted by Gasteiger charge is 2.39. The van der Waals surface area contributed by atoms with E-state index in [0.29, 0.717) is 6.42 Å². The van der Waals surface area contributed by atoms with E-state index in [2.05, 4.69) is 0 Å². The molecule has 1 unspecified atom stereocenters. The van der Waals surface area contributed by atoms with Gasteiger partial charge < -0.3 is 0 Å². The van der Waals surface area contributed by atoms with E-state index in [9.17, 15) is 17.2 Å². The summed E-state index contributed by atoms with van der Waals surface area (Å²) < 4.78 is 51.5. The van der Waals surface area contributed by atoms with E-state index in [1.807, 2.05) is 13.8 Å². The van der Waals surface area contributed by atoms with Crippen molar-refractivity contribution in [1.29, 1.82) is 0 Å². The lowest BCUT2D eigenvalue weighted by molar-refractivity contribution is 0.498. The molecule has 1 atom stereocenters. The molecule has 0 spiro atoms. The Bertz CT molecular complexity index is 537. The third-order valence-electron chi connectivity index (χ3n) is 3.14. The molecule has 1 aliphatic heterocycles. The summed E-state index contributed by atoms with van der Waals surface area (Å²) in [7, 11) is -3.47. The van der Waals surface area contributed by atoms with Crippen molar-refractivity contribution in [3.05, 3.63) is 29.8 Å². The minimum atomic E-state index is -3.47. The Morgan fingerprint density at radius 3 is 2.28 bits per heavy atom. The maximum Gasteiger partial charge on any atom is 0.235 e. The van der Waals surface area contributed by atoms with Gasteiger partial charge in [0.05, 0.1) is 11.4 Å². The smallest absolute Gasteiger partial charge is 0.235 e. The standard InChI is InChI=1S/C12H15F2NO2S/c1-8(2)12-3-4-18(16,17)15(12)11-6-9(13)5-10(14)7-11/h5-8,12H,3-4H2,1-2H3. The highest BCUT2D eigenvalue weighted by molar-refractivity contribution is 7.93. The number of halogens is 2. The summed E-state index contributed by atoms with van der Waals surface area (Å²) in [6.45, 7) is 3.79. The first-order chi connectivity index (χ1) is 8.31. The molecule has 0 saturated carbocycles. The van der Waals surface area contributed by atoms with Crippen LogP contribution in [0.1, 0.15) is 20.3 Å². The van der Waals surface area contributed by atoms with Crippen LogP contribution in [-0.4, -0.2) is 20.2 Å².